The topological polar surface area (TPSA) is 59.3 Å². The van der Waals surface area contributed by atoms with Crippen molar-refractivity contribution in [1.82, 2.24) is 0 Å². The molecule has 0 bridgehead atoms. The van der Waals surface area contributed by atoms with Gasteiger partial charge in [-0.3, -0.25) is 9.59 Å². The molecule has 0 aliphatic heterocycles. The van der Waals surface area contributed by atoms with Crippen LogP contribution in [0.2, 0.25) is 0 Å². The second-order valence-corrected chi connectivity index (χ2v) is 4.69. The number of nitrogens with one attached hydrogen (secondary N) is 1. The molecule has 0 saturated heterocycles. The molecule has 1 heterocycles. The third kappa shape index (κ3) is 2.05. The van der Waals surface area contributed by atoms with E-state index >= 15 is 0 Å². The normalized spacial score (nSPS) is 13.4. The number of hydrogen-bond donors (Lipinski definition) is 1. The van der Waals surface area contributed by atoms with E-state index in [4.69, 9.17) is 4.42 Å². The van der Waals surface area contributed by atoms with Crippen molar-refractivity contribution in [1.29, 1.82) is 0 Å². The van der Waals surface area contributed by atoms with E-state index in [0.717, 1.165) is 5.56 Å². The number of fused-ring (bicyclic) bond motifs is 1. The summed E-state index contributed by atoms with van der Waals surface area (Å²) in [5, 5.41) is 2.77. The number of hydrogen-bond acceptors (Lipinski definition) is 3. The molecule has 0 atom stereocenters. The van der Waals surface area contributed by atoms with Crippen LogP contribution in [0.5, 0.6) is 0 Å². The highest BCUT2D eigenvalue weighted by atomic mass is 16.3. The van der Waals surface area contributed by atoms with Gasteiger partial charge in [0.2, 0.25) is 0 Å². The molecule has 1 amide bonds. The summed E-state index contributed by atoms with van der Waals surface area (Å²) in [6, 6.07) is 7.49. The van der Waals surface area contributed by atoms with Crippen LogP contribution in [-0.2, 0) is 6.42 Å². The van der Waals surface area contributed by atoms with Crippen LogP contribution in [0.3, 0.4) is 0 Å². The molecule has 96 valence electrons. The Morgan fingerprint density at radius 1 is 1.21 bits per heavy atom. The van der Waals surface area contributed by atoms with Gasteiger partial charge in [-0.15, -0.1) is 0 Å². The van der Waals surface area contributed by atoms with E-state index in [0.29, 0.717) is 35.4 Å². The Hall–Kier alpha value is -2.36. The molecule has 3 rings (SSSR count). The van der Waals surface area contributed by atoms with Crippen LogP contribution >= 0.6 is 0 Å². The van der Waals surface area contributed by atoms with E-state index in [1.54, 1.807) is 0 Å². The van der Waals surface area contributed by atoms with Gasteiger partial charge in [0.05, 0.1) is 11.1 Å². The predicted octanol–water partition coefficient (Wildman–Crippen LogP) is 2.97. The third-order valence-electron chi connectivity index (χ3n) is 3.28. The van der Waals surface area contributed by atoms with Crippen LogP contribution in [0, 0.1) is 6.92 Å². The van der Waals surface area contributed by atoms with Gasteiger partial charge < -0.3 is 9.73 Å². The molecule has 1 aromatic carbocycles. The van der Waals surface area contributed by atoms with Crippen molar-refractivity contribution in [3.05, 3.63) is 53.0 Å². The monoisotopic (exact) mass is 255 g/mol. The zero-order valence-corrected chi connectivity index (χ0v) is 10.5. The Bertz CT molecular complexity index is 653. The summed E-state index contributed by atoms with van der Waals surface area (Å²) in [5.74, 6) is 0.306. The Balaban J connectivity index is 1.85. The highest BCUT2D eigenvalue weighted by Gasteiger charge is 2.29. The quantitative estimate of drug-likeness (QED) is 0.897. The van der Waals surface area contributed by atoms with E-state index < -0.39 is 0 Å². The molecular weight excluding hydrogens is 242 g/mol. The number of amides is 1. The summed E-state index contributed by atoms with van der Waals surface area (Å²) in [4.78, 5) is 23.9. The van der Waals surface area contributed by atoms with Crippen molar-refractivity contribution in [3.63, 3.8) is 0 Å². The van der Waals surface area contributed by atoms with Crippen molar-refractivity contribution in [2.45, 2.75) is 19.8 Å². The average molecular weight is 255 g/mol. The van der Waals surface area contributed by atoms with Gasteiger partial charge in [-0.05, 0) is 19.1 Å². The summed E-state index contributed by atoms with van der Waals surface area (Å²) in [6.45, 7) is 1.98. The minimum Gasteiger partial charge on any atom is -0.468 e. The highest BCUT2D eigenvalue weighted by Crippen LogP contribution is 2.27. The molecule has 19 heavy (non-hydrogen) atoms. The predicted molar refractivity (Wildman–Crippen MR) is 70.5 cm³/mol. The van der Waals surface area contributed by atoms with E-state index in [-0.39, 0.29) is 11.7 Å². The molecule has 0 radical (unpaired) electrons. The van der Waals surface area contributed by atoms with Gasteiger partial charge in [0.15, 0.2) is 5.78 Å². The van der Waals surface area contributed by atoms with Gasteiger partial charge in [0.25, 0.3) is 5.91 Å². The van der Waals surface area contributed by atoms with Crippen LogP contribution in [0.1, 0.15) is 38.5 Å². The molecule has 0 spiro atoms. The minimum atomic E-state index is -0.302. The van der Waals surface area contributed by atoms with E-state index in [1.807, 2.05) is 31.2 Å². The maximum absolute atomic E-state index is 12.1. The van der Waals surface area contributed by atoms with Crippen molar-refractivity contribution in [3.8, 4) is 0 Å². The van der Waals surface area contributed by atoms with Crippen molar-refractivity contribution in [2.75, 3.05) is 5.32 Å². The number of rotatable bonds is 2. The first kappa shape index (κ1) is 11.7. The highest BCUT2D eigenvalue weighted by molar-refractivity contribution is 6.14. The minimum absolute atomic E-state index is 0.0159. The number of furan rings is 1. The molecule has 1 N–H and O–H groups in total. The van der Waals surface area contributed by atoms with Gasteiger partial charge in [-0.2, -0.15) is 0 Å². The fourth-order valence-corrected chi connectivity index (χ4v) is 2.24. The molecule has 0 saturated carbocycles. The number of ketones is 1. The van der Waals surface area contributed by atoms with Gasteiger partial charge >= 0.3 is 0 Å². The van der Waals surface area contributed by atoms with Crippen LogP contribution in [0.25, 0.3) is 0 Å². The molecule has 0 unspecified atom stereocenters. The first-order valence-electron chi connectivity index (χ1n) is 6.17. The first-order valence-corrected chi connectivity index (χ1v) is 6.17. The summed E-state index contributed by atoms with van der Waals surface area (Å²) < 4.78 is 5.27. The molecule has 0 fully saturated rings. The van der Waals surface area contributed by atoms with E-state index in [2.05, 4.69) is 5.32 Å². The summed E-state index contributed by atoms with van der Waals surface area (Å²) >= 11 is 0. The number of benzene rings is 1. The van der Waals surface area contributed by atoms with Crippen LogP contribution in [0.4, 0.5) is 5.69 Å². The molecule has 4 heteroatoms. The Labute approximate surface area is 110 Å². The fraction of sp³-hybridized carbons (Fsp3) is 0.200. The van der Waals surface area contributed by atoms with Crippen molar-refractivity contribution >= 4 is 17.4 Å². The number of aryl methyl sites for hydroxylation is 2. The lowest BCUT2D eigenvalue weighted by Gasteiger charge is -2.04. The maximum atomic E-state index is 12.1. The molecule has 1 aliphatic rings. The standard InChI is InChI=1S/C15H13NO3/c1-9-2-4-10(5-3-9)16-15(18)11-8-19-13-7-6-12(17)14(11)13/h2-5,8H,6-7H2,1H3,(H,16,18). The Morgan fingerprint density at radius 2 is 1.95 bits per heavy atom. The lowest BCUT2D eigenvalue weighted by Crippen LogP contribution is -2.14. The lowest BCUT2D eigenvalue weighted by atomic mass is 10.1. The van der Waals surface area contributed by atoms with E-state index in [1.165, 1.54) is 6.26 Å². The van der Waals surface area contributed by atoms with Crippen molar-refractivity contribution < 1.29 is 14.0 Å². The second kappa shape index (κ2) is 4.39. The van der Waals surface area contributed by atoms with Crippen molar-refractivity contribution in [2.24, 2.45) is 0 Å². The van der Waals surface area contributed by atoms with Gasteiger partial charge in [-0.25, -0.2) is 0 Å². The number of carbonyl (C=O) groups excluding carboxylic acids is 2. The van der Waals surface area contributed by atoms with E-state index in [9.17, 15) is 9.59 Å². The van der Waals surface area contributed by atoms with Crippen LogP contribution < -0.4 is 5.32 Å². The van der Waals surface area contributed by atoms with Crippen LogP contribution in [0.15, 0.2) is 34.9 Å². The summed E-state index contributed by atoms with van der Waals surface area (Å²) in [5.41, 5.74) is 2.61. The lowest BCUT2D eigenvalue weighted by molar-refractivity contribution is 0.0974. The molecular formula is C15H13NO3. The zero-order chi connectivity index (χ0) is 13.4. The van der Waals surface area contributed by atoms with Crippen LogP contribution in [-0.4, -0.2) is 11.7 Å². The number of Topliss-reactive ketones (excluding diaryl/α,β-unsaturated/α-hetero) is 1. The summed E-state index contributed by atoms with van der Waals surface area (Å²) in [7, 11) is 0. The number of anilines is 1. The van der Waals surface area contributed by atoms with Gasteiger partial charge in [0.1, 0.15) is 12.0 Å². The molecule has 4 nitrogen and oxygen atoms in total. The maximum Gasteiger partial charge on any atom is 0.259 e. The smallest absolute Gasteiger partial charge is 0.259 e. The second-order valence-electron chi connectivity index (χ2n) is 4.69. The number of carbonyl (C=O) groups is 2. The average Bonchev–Trinajstić information content (AvgIpc) is 2.96. The third-order valence-corrected chi connectivity index (χ3v) is 3.28. The molecule has 2 aromatic rings. The summed E-state index contributed by atoms with van der Waals surface area (Å²) in [6.07, 6.45) is 2.39. The largest absolute Gasteiger partial charge is 0.468 e. The Kier molecular flexibility index (Phi) is 2.71. The Morgan fingerprint density at radius 3 is 2.68 bits per heavy atom. The zero-order valence-electron chi connectivity index (χ0n) is 10.5. The fourth-order valence-electron chi connectivity index (χ4n) is 2.24. The first-order chi connectivity index (χ1) is 9.15. The van der Waals surface area contributed by atoms with Gasteiger partial charge in [0, 0.05) is 18.5 Å². The SMILES string of the molecule is Cc1ccc(NC(=O)c2coc3c2C(=O)CC3)cc1. The molecule has 1 aromatic heterocycles. The molecule has 1 aliphatic carbocycles. The van der Waals surface area contributed by atoms with Gasteiger partial charge in [-0.1, -0.05) is 17.7 Å².